The zero-order valence-corrected chi connectivity index (χ0v) is 12.9. The van der Waals surface area contributed by atoms with Crippen molar-refractivity contribution >= 4 is 0 Å². The van der Waals surface area contributed by atoms with Crippen molar-refractivity contribution in [2.75, 3.05) is 0 Å². The number of hydrogen-bond donors (Lipinski definition) is 0. The lowest BCUT2D eigenvalue weighted by Crippen LogP contribution is -2.11. The molecule has 0 saturated carbocycles. The van der Waals surface area contributed by atoms with Crippen molar-refractivity contribution in [3.05, 3.63) is 0 Å². The molecule has 18 heavy (non-hydrogen) atoms. The van der Waals surface area contributed by atoms with Gasteiger partial charge in [0.25, 0.3) is 0 Å². The lowest BCUT2D eigenvalue weighted by molar-refractivity contribution is 0.299. The molecule has 0 aliphatic heterocycles. The molecule has 0 heterocycles. The summed E-state index contributed by atoms with van der Waals surface area (Å²) in [6.07, 6.45) is 14.3. The van der Waals surface area contributed by atoms with E-state index >= 15 is 0 Å². The zero-order valence-electron chi connectivity index (χ0n) is 12.9. The van der Waals surface area contributed by atoms with E-state index < -0.39 is 0 Å². The van der Waals surface area contributed by atoms with Crippen LogP contribution in [-0.2, 0) is 0 Å². The predicted molar refractivity (Wildman–Crippen MR) is 80.4 cm³/mol. The predicted octanol–water partition coefficient (Wildman–Crippen LogP) is 6.09. The van der Waals surface area contributed by atoms with Gasteiger partial charge in [0.1, 0.15) is 0 Å². The van der Waals surface area contributed by atoms with Crippen molar-refractivity contribution in [3.8, 4) is 6.07 Å². The van der Waals surface area contributed by atoms with E-state index in [0.717, 1.165) is 12.3 Å². The van der Waals surface area contributed by atoms with Gasteiger partial charge >= 0.3 is 0 Å². The van der Waals surface area contributed by atoms with Gasteiger partial charge in [-0.05, 0) is 11.8 Å². The summed E-state index contributed by atoms with van der Waals surface area (Å²) in [6.45, 7) is 6.80. The highest BCUT2D eigenvalue weighted by atomic mass is 14.3. The topological polar surface area (TPSA) is 23.8 Å². The van der Waals surface area contributed by atoms with Gasteiger partial charge in [-0.15, -0.1) is 0 Å². The van der Waals surface area contributed by atoms with Crippen molar-refractivity contribution in [1.29, 1.82) is 5.26 Å². The third kappa shape index (κ3) is 9.51. The SMILES string of the molecule is CCCCCCC(CCCCCC)[C@@H](C)CC#N. The highest BCUT2D eigenvalue weighted by molar-refractivity contribution is 4.78. The molecular weight excluding hydrogens is 218 g/mol. The van der Waals surface area contributed by atoms with Crippen LogP contribution in [-0.4, -0.2) is 0 Å². The summed E-state index contributed by atoms with van der Waals surface area (Å²) < 4.78 is 0. The van der Waals surface area contributed by atoms with Gasteiger partial charge in [0.2, 0.25) is 0 Å². The van der Waals surface area contributed by atoms with Gasteiger partial charge in [0, 0.05) is 6.42 Å². The Morgan fingerprint density at radius 1 is 0.833 bits per heavy atom. The highest BCUT2D eigenvalue weighted by Crippen LogP contribution is 2.27. The molecule has 1 atom stereocenters. The molecule has 0 unspecified atom stereocenters. The van der Waals surface area contributed by atoms with Crippen LogP contribution in [0, 0.1) is 23.2 Å². The van der Waals surface area contributed by atoms with Crippen LogP contribution >= 0.6 is 0 Å². The number of nitriles is 1. The molecule has 0 aliphatic carbocycles. The van der Waals surface area contributed by atoms with E-state index in [0.29, 0.717) is 5.92 Å². The van der Waals surface area contributed by atoms with Crippen molar-refractivity contribution in [1.82, 2.24) is 0 Å². The number of rotatable bonds is 12. The Labute approximate surface area is 115 Å². The molecule has 106 valence electrons. The normalized spacial score (nSPS) is 12.6. The van der Waals surface area contributed by atoms with Crippen LogP contribution in [0.2, 0.25) is 0 Å². The van der Waals surface area contributed by atoms with Crippen LogP contribution in [0.4, 0.5) is 0 Å². The van der Waals surface area contributed by atoms with Crippen molar-refractivity contribution in [3.63, 3.8) is 0 Å². The smallest absolute Gasteiger partial charge is 0.0624 e. The van der Waals surface area contributed by atoms with Gasteiger partial charge in [-0.25, -0.2) is 0 Å². The lowest BCUT2D eigenvalue weighted by atomic mass is 9.83. The first kappa shape index (κ1) is 17.5. The van der Waals surface area contributed by atoms with Gasteiger partial charge in [-0.1, -0.05) is 85.0 Å². The number of nitrogens with zero attached hydrogens (tertiary/aromatic N) is 1. The van der Waals surface area contributed by atoms with Crippen LogP contribution in [0.1, 0.15) is 91.4 Å². The summed E-state index contributed by atoms with van der Waals surface area (Å²) >= 11 is 0. The van der Waals surface area contributed by atoms with E-state index in [-0.39, 0.29) is 0 Å². The molecule has 0 aromatic rings. The molecule has 0 fully saturated rings. The Bertz CT molecular complexity index is 192. The second kappa shape index (κ2) is 12.9. The zero-order chi connectivity index (χ0) is 13.6. The second-order valence-electron chi connectivity index (χ2n) is 5.80. The lowest BCUT2D eigenvalue weighted by Gasteiger charge is -2.22. The quantitative estimate of drug-likeness (QED) is 0.385. The summed E-state index contributed by atoms with van der Waals surface area (Å²) in [6, 6.07) is 2.35. The van der Waals surface area contributed by atoms with Crippen LogP contribution in [0.5, 0.6) is 0 Å². The fraction of sp³-hybridized carbons (Fsp3) is 0.941. The summed E-state index contributed by atoms with van der Waals surface area (Å²) in [7, 11) is 0. The first-order chi connectivity index (χ1) is 8.76. The molecule has 0 rings (SSSR count). The molecule has 0 aromatic heterocycles. The van der Waals surface area contributed by atoms with E-state index in [9.17, 15) is 0 Å². The molecule has 0 N–H and O–H groups in total. The second-order valence-corrected chi connectivity index (χ2v) is 5.80. The minimum Gasteiger partial charge on any atom is -0.198 e. The molecule has 0 aliphatic rings. The monoisotopic (exact) mass is 251 g/mol. The van der Waals surface area contributed by atoms with E-state index in [2.05, 4.69) is 26.8 Å². The van der Waals surface area contributed by atoms with Crippen LogP contribution in [0.3, 0.4) is 0 Å². The molecule has 0 aromatic carbocycles. The standard InChI is InChI=1S/C17H33N/c1-4-6-8-10-12-17(16(3)14-15-18)13-11-9-7-5-2/h16-17H,4-14H2,1-3H3/t16-/m0/s1. The first-order valence-electron chi connectivity index (χ1n) is 8.13. The van der Waals surface area contributed by atoms with E-state index in [1.807, 2.05) is 0 Å². The van der Waals surface area contributed by atoms with E-state index in [1.54, 1.807) is 0 Å². The highest BCUT2D eigenvalue weighted by Gasteiger charge is 2.16. The Kier molecular flexibility index (Phi) is 12.6. The van der Waals surface area contributed by atoms with Gasteiger partial charge in [0.15, 0.2) is 0 Å². The summed E-state index contributed by atoms with van der Waals surface area (Å²) in [5, 5.41) is 8.85. The summed E-state index contributed by atoms with van der Waals surface area (Å²) in [4.78, 5) is 0. The maximum absolute atomic E-state index is 8.85. The minimum absolute atomic E-state index is 0.596. The molecular formula is C17H33N. The van der Waals surface area contributed by atoms with E-state index in [1.165, 1.54) is 64.2 Å². The molecule has 1 heteroatoms. The average molecular weight is 251 g/mol. The average Bonchev–Trinajstić information content (AvgIpc) is 2.37. The third-order valence-corrected chi connectivity index (χ3v) is 4.07. The molecule has 0 bridgehead atoms. The molecule has 0 amide bonds. The van der Waals surface area contributed by atoms with Crippen molar-refractivity contribution < 1.29 is 0 Å². The maximum Gasteiger partial charge on any atom is 0.0624 e. The molecule has 0 saturated heterocycles. The number of unbranched alkanes of at least 4 members (excludes halogenated alkanes) is 6. The van der Waals surface area contributed by atoms with E-state index in [4.69, 9.17) is 5.26 Å². The van der Waals surface area contributed by atoms with Crippen LogP contribution in [0.25, 0.3) is 0 Å². The fourth-order valence-corrected chi connectivity index (χ4v) is 2.69. The van der Waals surface area contributed by atoms with Crippen molar-refractivity contribution in [2.45, 2.75) is 91.4 Å². The Hall–Kier alpha value is -0.510. The maximum atomic E-state index is 8.85. The van der Waals surface area contributed by atoms with Crippen LogP contribution < -0.4 is 0 Å². The molecule has 0 spiro atoms. The molecule has 1 nitrogen and oxygen atoms in total. The van der Waals surface area contributed by atoms with Gasteiger partial charge in [0.05, 0.1) is 6.07 Å². The van der Waals surface area contributed by atoms with Gasteiger partial charge in [-0.3, -0.25) is 0 Å². The first-order valence-corrected chi connectivity index (χ1v) is 8.13. The van der Waals surface area contributed by atoms with Crippen molar-refractivity contribution in [2.24, 2.45) is 11.8 Å². The Morgan fingerprint density at radius 3 is 1.72 bits per heavy atom. The largest absolute Gasteiger partial charge is 0.198 e. The Morgan fingerprint density at radius 2 is 1.33 bits per heavy atom. The van der Waals surface area contributed by atoms with Crippen LogP contribution in [0.15, 0.2) is 0 Å². The number of hydrogen-bond acceptors (Lipinski definition) is 1. The molecule has 0 radical (unpaired) electrons. The fourth-order valence-electron chi connectivity index (χ4n) is 2.69. The van der Waals surface area contributed by atoms with Gasteiger partial charge < -0.3 is 0 Å². The van der Waals surface area contributed by atoms with Gasteiger partial charge in [-0.2, -0.15) is 5.26 Å². The minimum atomic E-state index is 0.596. The summed E-state index contributed by atoms with van der Waals surface area (Å²) in [5.41, 5.74) is 0. The third-order valence-electron chi connectivity index (χ3n) is 4.07. The summed E-state index contributed by atoms with van der Waals surface area (Å²) in [5.74, 6) is 1.39. The Balaban J connectivity index is 3.88.